The van der Waals surface area contributed by atoms with Gasteiger partial charge < -0.3 is 88.6 Å². The van der Waals surface area contributed by atoms with Crippen molar-refractivity contribution >= 4 is 85.0 Å². The zero-order valence-corrected chi connectivity index (χ0v) is 46.6. The van der Waals surface area contributed by atoms with E-state index in [1.807, 2.05) is 0 Å². The van der Waals surface area contributed by atoms with Crippen LogP contribution in [0.2, 0.25) is 0 Å². The Labute approximate surface area is 483 Å². The molecule has 494 valence electrons. The van der Waals surface area contributed by atoms with Crippen LogP contribution in [0.15, 0.2) is 0 Å². The molecule has 0 bridgehead atoms. The van der Waals surface area contributed by atoms with Gasteiger partial charge in [-0.25, -0.2) is 52.0 Å². The summed E-state index contributed by atoms with van der Waals surface area (Å²) in [4.78, 5) is 13.0. The molecule has 5 heterocycles. The van der Waals surface area contributed by atoms with E-state index in [1.165, 1.54) is 6.92 Å². The number of rotatable bonds is 33. The summed E-state index contributed by atoms with van der Waals surface area (Å²) in [6.07, 6.45) is -51.6. The lowest BCUT2D eigenvalue weighted by atomic mass is 9.92. The lowest BCUT2D eigenvalue weighted by Crippen LogP contribution is -2.70. The van der Waals surface area contributed by atoms with Gasteiger partial charge in [0.25, 0.3) is 0 Å². The number of hydrogen-bond donors (Lipinski definition) is 18. The first-order chi connectivity index (χ1) is 39.3. The largest absolute Gasteiger partial charge is 0.479 e. The van der Waals surface area contributed by atoms with E-state index >= 15 is 0 Å². The van der Waals surface area contributed by atoms with Crippen molar-refractivity contribution in [1.82, 2.24) is 9.44 Å². The Balaban J connectivity index is 1.51. The summed E-state index contributed by atoms with van der Waals surface area (Å²) in [7, 11) is -16.9. The molecule has 12 unspecified atom stereocenters. The van der Waals surface area contributed by atoms with Crippen molar-refractivity contribution in [3.63, 3.8) is 0 Å². The summed E-state index contributed by atoms with van der Waals surface area (Å²) >= 11 is -3.17. The Morgan fingerprint density at radius 1 is 0.524 bits per heavy atom. The number of carboxylic acids is 1. The molecule has 0 amide bonds. The van der Waals surface area contributed by atoms with Crippen molar-refractivity contribution in [2.75, 3.05) is 19.0 Å². The minimum Gasteiger partial charge on any atom is -0.479 e. The molecule has 0 aliphatic carbocycles. The molecule has 5 fully saturated rings. The van der Waals surface area contributed by atoms with E-state index in [9.17, 15) is 93.9 Å². The Morgan fingerprint density at radius 3 is 1.63 bits per heavy atom. The van der Waals surface area contributed by atoms with Crippen molar-refractivity contribution in [2.24, 2.45) is 5.92 Å². The highest BCUT2D eigenvalue weighted by Gasteiger charge is 2.60. The minimum absolute atomic E-state index is 0.0641. The molecule has 54 heteroatoms. The van der Waals surface area contributed by atoms with Crippen molar-refractivity contribution in [3.8, 4) is 0 Å². The number of nitrogens with one attached hydrogen (secondary N) is 2. The summed E-state index contributed by atoms with van der Waals surface area (Å²) in [5, 5.41) is 148. The number of aliphatic hydroxyl groups is 8. The number of carboxylic acid groups (broad SMARTS) is 1. The maximum absolute atomic E-state index is 13.0. The van der Waals surface area contributed by atoms with Gasteiger partial charge in [0.05, 0.1) is 31.1 Å². The fraction of sp³-hybridized carbons (Fsp3) is 0.967. The van der Waals surface area contributed by atoms with Gasteiger partial charge in [-0.05, 0) is 0 Å². The molecule has 0 aromatic rings. The van der Waals surface area contributed by atoms with Crippen LogP contribution in [0.1, 0.15) is 6.92 Å². The molecular formula is C30H52N2O45S7. The number of aliphatic carboxylic acids is 1. The van der Waals surface area contributed by atoms with E-state index in [2.05, 4.69) is 59.5 Å². The summed E-state index contributed by atoms with van der Waals surface area (Å²) < 4.78 is 202. The molecular weight excluding hydrogens is 1330 g/mol. The van der Waals surface area contributed by atoms with Crippen LogP contribution < -0.4 is 9.44 Å². The predicted octanol–water partition coefficient (Wildman–Crippen LogP) is -8.85. The smallest absolute Gasteiger partial charge is 0.397 e. The molecule has 5 rings (SSSR count). The number of ether oxygens (including phenoxy) is 9. The molecule has 5 aliphatic rings. The van der Waals surface area contributed by atoms with Gasteiger partial charge in [0.1, 0.15) is 110 Å². The topological polar surface area (TPSA) is 678 Å². The van der Waals surface area contributed by atoms with Crippen LogP contribution in [-0.4, -0.2) is 283 Å². The molecule has 0 aromatic carbocycles. The molecule has 5 saturated heterocycles. The van der Waals surface area contributed by atoms with Crippen molar-refractivity contribution in [1.29, 1.82) is 0 Å². The normalized spacial score (nSPS) is 40.4. The first kappa shape index (κ1) is 73.7. The molecule has 0 spiro atoms. The standard InChI is InChI=1S/C30H52N2O45S7/c1-5-11(33)12(34)8(4-81(47)77-73-46)61-27(5)65-21-14(36)15(37)29(67-26(21)42)63-18-7(3-58-83(51,52)53)60-28(10(32-79-75-71-44)19(18)68-80-76-72-45)64-20-16(38)22(69-84(54,55)56)30(66-23(20)24(39)40)62-17-6(2-57-82(48,49)50)59-25(41)9(13(17)35)31-78-74-70-43/h5-23,25-38,41-46H,2-4H2,1H3,(H,39,40)(H,48,49,50)(H,51,52,53)(H,54,55,56)/t5?,6?,7-,8?,9?,10?,11+,12+,13+,14+,15?,16+,17+,18+,19?,20-,21-,22?,23?,25?,26?,27+,28+,29+,30+,81?/m0/s1. The molecule has 47 nitrogen and oxygen atoms in total. The molecule has 18 N–H and O–H groups in total. The van der Waals surface area contributed by atoms with Crippen LogP contribution in [0, 0.1) is 5.92 Å². The van der Waals surface area contributed by atoms with E-state index < -0.39 is 221 Å². The molecule has 5 aliphatic heterocycles. The second kappa shape index (κ2) is 33.4. The number of carbonyl (C=O) groups is 1. The third kappa shape index (κ3) is 20.8. The van der Waals surface area contributed by atoms with Crippen molar-refractivity contribution in [3.05, 3.63) is 0 Å². The van der Waals surface area contributed by atoms with Gasteiger partial charge in [-0.2, -0.15) is 25.3 Å². The maximum atomic E-state index is 13.0. The second-order valence-corrected chi connectivity index (χ2v) is 22.9. The van der Waals surface area contributed by atoms with Gasteiger partial charge in [0.15, 0.2) is 73.4 Å². The molecule has 0 saturated carbocycles. The summed E-state index contributed by atoms with van der Waals surface area (Å²) in [5.74, 6) is -4.29. The zero-order valence-electron chi connectivity index (χ0n) is 40.9. The minimum atomic E-state index is -5.93. The van der Waals surface area contributed by atoms with Gasteiger partial charge in [0.2, 0.25) is 0 Å². The summed E-state index contributed by atoms with van der Waals surface area (Å²) in [6, 6.07) is -4.10. The van der Waals surface area contributed by atoms with Crippen LogP contribution in [0.5, 0.6) is 0 Å². The summed E-state index contributed by atoms with van der Waals surface area (Å²) in [5.41, 5.74) is 0. The lowest BCUT2D eigenvalue weighted by molar-refractivity contribution is -0.435. The number of hydrogen-bond acceptors (Lipinski definition) is 46. The maximum Gasteiger partial charge on any atom is 0.397 e. The van der Waals surface area contributed by atoms with Gasteiger partial charge in [-0.15, -0.1) is 17.3 Å². The van der Waals surface area contributed by atoms with E-state index in [4.69, 9.17) is 67.8 Å². The van der Waals surface area contributed by atoms with Crippen molar-refractivity contribution in [2.45, 2.75) is 154 Å². The Morgan fingerprint density at radius 2 is 1.07 bits per heavy atom. The lowest BCUT2D eigenvalue weighted by Gasteiger charge is -2.50. The second-order valence-electron chi connectivity index (χ2n) is 17.1. The van der Waals surface area contributed by atoms with Gasteiger partial charge in [-0.1, -0.05) is 27.1 Å². The fourth-order valence-electron chi connectivity index (χ4n) is 8.27. The van der Waals surface area contributed by atoms with Crippen LogP contribution in [0.3, 0.4) is 0 Å². The van der Waals surface area contributed by atoms with Crippen molar-refractivity contribution < 1.29 is 212 Å². The Hall–Kier alpha value is -1.00. The van der Waals surface area contributed by atoms with E-state index in [0.29, 0.717) is 0 Å². The van der Waals surface area contributed by atoms with Gasteiger partial charge in [0, 0.05) is 5.92 Å². The highest BCUT2D eigenvalue weighted by Crippen LogP contribution is 2.39. The van der Waals surface area contributed by atoms with E-state index in [-0.39, 0.29) is 36.8 Å². The van der Waals surface area contributed by atoms with Crippen LogP contribution in [0.4, 0.5) is 0 Å². The van der Waals surface area contributed by atoms with Crippen LogP contribution in [-0.2, 0) is 144 Å². The highest BCUT2D eigenvalue weighted by molar-refractivity contribution is 7.92. The predicted molar refractivity (Wildman–Crippen MR) is 245 cm³/mol. The van der Waals surface area contributed by atoms with E-state index in [0.717, 1.165) is 0 Å². The summed E-state index contributed by atoms with van der Waals surface area (Å²) in [6.45, 7) is -1.73. The molecule has 0 aromatic heterocycles. The zero-order chi connectivity index (χ0) is 62.6. The third-order valence-electron chi connectivity index (χ3n) is 11.9. The van der Waals surface area contributed by atoms with Gasteiger partial charge >= 0.3 is 37.2 Å². The molecule has 0 radical (unpaired) electrons. The fourth-order valence-corrected chi connectivity index (χ4v) is 11.3. The van der Waals surface area contributed by atoms with E-state index in [1.54, 1.807) is 0 Å². The molecule has 84 heavy (non-hydrogen) atoms. The third-order valence-corrected chi connectivity index (χ3v) is 15.5. The Kier molecular flexibility index (Phi) is 29.3. The highest BCUT2D eigenvalue weighted by atomic mass is 32.3. The number of aliphatic hydroxyl groups excluding tert-OH is 8. The average molecular weight is 1390 g/mol. The van der Waals surface area contributed by atoms with Crippen LogP contribution in [0.25, 0.3) is 0 Å². The quantitative estimate of drug-likeness (QED) is 0.00724. The Bertz CT molecular complexity index is 2400. The SMILES string of the molecule is CC1[C@@H](O[C@@H]2C(O)O[C@@H](O[C@H]3C(OSOOO)C(NSOOO)[C@@H](O[C@@H]4C(C(=O)O)O[C@@H](O[C@@H]5C(COS(=O)(=O)O)OC(O)C(NSOOO)[C@H]5O)C(OS(=O)(=O)O)[C@@H]4O)O[C@H]3COS(=O)(=O)O)C(O)[C@H]2O)OC(CS(=O)OOO)[C@@H](O)[C@@H]1O. The average Bonchev–Trinajstić information content (AvgIpc) is 3.11. The molecule has 26 atom stereocenters. The monoisotopic (exact) mass is 1380 g/mol. The first-order valence-electron chi connectivity index (χ1n) is 22.3. The van der Waals surface area contributed by atoms with Crippen LogP contribution >= 0.6 is 36.8 Å². The first-order valence-corrected chi connectivity index (χ1v) is 29.8. The van der Waals surface area contributed by atoms with Gasteiger partial charge in [-0.3, -0.25) is 17.8 Å².